The Morgan fingerprint density at radius 2 is 2.15 bits per heavy atom. The second-order valence-electron chi connectivity index (χ2n) is 4.94. The molecule has 1 aromatic carbocycles. The minimum Gasteiger partial charge on any atom is -0.386 e. The quantitative estimate of drug-likeness (QED) is 0.408. The van der Waals surface area contributed by atoms with Gasteiger partial charge in [0.2, 0.25) is 0 Å². The molecule has 1 atom stereocenters. The zero-order valence-electron chi connectivity index (χ0n) is 11.3. The summed E-state index contributed by atoms with van der Waals surface area (Å²) in [5, 5.41) is 12.9. The van der Waals surface area contributed by atoms with Crippen molar-refractivity contribution in [3.8, 4) is 0 Å². The molecular formula is C14H21FIN3O. The molecule has 0 spiro atoms. The van der Waals surface area contributed by atoms with Crippen LogP contribution in [0.2, 0.25) is 0 Å². The van der Waals surface area contributed by atoms with Gasteiger partial charge in [0.15, 0.2) is 5.96 Å². The molecule has 0 amide bonds. The number of nitrogens with zero attached hydrogens (tertiary/aromatic N) is 1. The topological polar surface area (TPSA) is 70.6 Å². The first-order valence-corrected chi connectivity index (χ1v) is 6.63. The van der Waals surface area contributed by atoms with Crippen molar-refractivity contribution in [2.24, 2.45) is 16.6 Å². The van der Waals surface area contributed by atoms with Gasteiger partial charge in [-0.2, -0.15) is 0 Å². The van der Waals surface area contributed by atoms with Gasteiger partial charge in [-0.25, -0.2) is 4.39 Å². The smallest absolute Gasteiger partial charge is 0.188 e. The zero-order chi connectivity index (χ0) is 13.7. The summed E-state index contributed by atoms with van der Waals surface area (Å²) < 4.78 is 13.4. The number of aliphatic hydroxyl groups is 1. The number of rotatable bonds is 5. The Morgan fingerprint density at radius 3 is 2.75 bits per heavy atom. The maximum atomic E-state index is 13.4. The van der Waals surface area contributed by atoms with Crippen LogP contribution >= 0.6 is 24.0 Å². The molecule has 0 saturated heterocycles. The fourth-order valence-corrected chi connectivity index (χ4v) is 2.03. The van der Waals surface area contributed by atoms with Gasteiger partial charge in [-0.3, -0.25) is 4.99 Å². The first-order chi connectivity index (χ1) is 9.16. The van der Waals surface area contributed by atoms with E-state index in [-0.39, 0.29) is 36.1 Å². The molecule has 0 radical (unpaired) electrons. The summed E-state index contributed by atoms with van der Waals surface area (Å²) in [6.45, 7) is 0.884. The highest BCUT2D eigenvalue weighted by Gasteiger charge is 2.17. The zero-order valence-corrected chi connectivity index (χ0v) is 13.6. The van der Waals surface area contributed by atoms with E-state index in [0.29, 0.717) is 11.9 Å². The summed E-state index contributed by atoms with van der Waals surface area (Å²) in [6, 6.07) is 6.14. The Balaban J connectivity index is 0.00000200. The highest BCUT2D eigenvalue weighted by molar-refractivity contribution is 14.0. The molecule has 1 aliphatic rings. The number of aliphatic imine (C=N–C) groups is 1. The fraction of sp³-hybridized carbons (Fsp3) is 0.500. The van der Waals surface area contributed by atoms with E-state index in [1.165, 1.54) is 25.3 Å². The van der Waals surface area contributed by atoms with Gasteiger partial charge < -0.3 is 16.2 Å². The number of hydrogen-bond acceptors (Lipinski definition) is 2. The summed E-state index contributed by atoms with van der Waals surface area (Å²) in [5.41, 5.74) is 5.95. The van der Waals surface area contributed by atoms with E-state index in [2.05, 4.69) is 10.3 Å². The van der Waals surface area contributed by atoms with Crippen molar-refractivity contribution in [1.82, 2.24) is 5.32 Å². The predicted octanol–water partition coefficient (Wildman–Crippen LogP) is 2.18. The van der Waals surface area contributed by atoms with Crippen LogP contribution in [0.4, 0.5) is 4.39 Å². The maximum absolute atomic E-state index is 13.4. The maximum Gasteiger partial charge on any atom is 0.188 e. The van der Waals surface area contributed by atoms with E-state index >= 15 is 0 Å². The Bertz CT molecular complexity index is 452. The monoisotopic (exact) mass is 393 g/mol. The van der Waals surface area contributed by atoms with Crippen LogP contribution in [-0.4, -0.2) is 24.2 Å². The molecule has 20 heavy (non-hydrogen) atoms. The fourth-order valence-electron chi connectivity index (χ4n) is 2.03. The van der Waals surface area contributed by atoms with Crippen molar-refractivity contribution in [1.29, 1.82) is 0 Å². The minimum atomic E-state index is -0.967. The van der Waals surface area contributed by atoms with Gasteiger partial charge >= 0.3 is 0 Å². The lowest BCUT2D eigenvalue weighted by atomic mass is 9.85. The highest BCUT2D eigenvalue weighted by Crippen LogP contribution is 2.25. The van der Waals surface area contributed by atoms with E-state index in [1.54, 1.807) is 18.2 Å². The van der Waals surface area contributed by atoms with Crippen LogP contribution in [0.5, 0.6) is 0 Å². The van der Waals surface area contributed by atoms with Gasteiger partial charge in [0.1, 0.15) is 11.9 Å². The molecule has 0 aromatic heterocycles. The molecule has 1 fully saturated rings. The molecule has 112 valence electrons. The molecule has 4 N–H and O–H groups in total. The number of nitrogens with two attached hydrogens (primary N) is 1. The highest BCUT2D eigenvalue weighted by atomic mass is 127. The average Bonchev–Trinajstić information content (AvgIpc) is 2.34. The Kier molecular flexibility index (Phi) is 7.22. The SMILES string of the molecule is I.NC(=NCC(O)c1ccccc1F)NCC1CCC1. The van der Waals surface area contributed by atoms with Crippen LogP contribution in [0.1, 0.15) is 30.9 Å². The standard InChI is InChI=1S/C14H20FN3O.HI/c15-12-7-2-1-6-11(12)13(19)9-18-14(16)17-8-10-4-3-5-10;/h1-2,6-7,10,13,19H,3-5,8-9H2,(H3,16,17,18);1H. The van der Waals surface area contributed by atoms with Gasteiger partial charge in [0.05, 0.1) is 6.54 Å². The van der Waals surface area contributed by atoms with E-state index in [4.69, 9.17) is 5.73 Å². The van der Waals surface area contributed by atoms with Crippen molar-refractivity contribution in [3.63, 3.8) is 0 Å². The number of halogens is 2. The summed E-state index contributed by atoms with van der Waals surface area (Å²) >= 11 is 0. The van der Waals surface area contributed by atoms with Crippen LogP contribution in [0.25, 0.3) is 0 Å². The van der Waals surface area contributed by atoms with Gasteiger partial charge in [-0.15, -0.1) is 24.0 Å². The largest absolute Gasteiger partial charge is 0.386 e. The summed E-state index contributed by atoms with van der Waals surface area (Å²) in [6.07, 6.45) is 2.79. The average molecular weight is 393 g/mol. The third kappa shape index (κ3) is 4.90. The van der Waals surface area contributed by atoms with Crippen LogP contribution < -0.4 is 11.1 Å². The summed E-state index contributed by atoms with van der Waals surface area (Å²) in [4.78, 5) is 4.04. The molecule has 4 nitrogen and oxygen atoms in total. The lowest BCUT2D eigenvalue weighted by Crippen LogP contribution is -2.37. The molecule has 6 heteroatoms. The molecule has 0 aliphatic heterocycles. The van der Waals surface area contributed by atoms with Crippen LogP contribution in [0, 0.1) is 11.7 Å². The van der Waals surface area contributed by atoms with E-state index in [1.807, 2.05) is 0 Å². The number of nitrogens with one attached hydrogen (secondary N) is 1. The van der Waals surface area contributed by atoms with Crippen molar-refractivity contribution in [2.45, 2.75) is 25.4 Å². The first-order valence-electron chi connectivity index (χ1n) is 6.63. The third-order valence-electron chi connectivity index (χ3n) is 3.50. The minimum absolute atomic E-state index is 0. The number of benzene rings is 1. The lowest BCUT2D eigenvalue weighted by molar-refractivity contribution is 0.182. The first kappa shape index (κ1) is 17.2. The number of guanidine groups is 1. The molecule has 1 saturated carbocycles. The van der Waals surface area contributed by atoms with E-state index in [9.17, 15) is 9.50 Å². The molecule has 2 rings (SSSR count). The molecule has 0 bridgehead atoms. The summed E-state index contributed by atoms with van der Waals surface area (Å²) in [7, 11) is 0. The normalized spacial score (nSPS) is 17.0. The summed E-state index contributed by atoms with van der Waals surface area (Å²) in [5.74, 6) is 0.568. The molecule has 1 aliphatic carbocycles. The van der Waals surface area contributed by atoms with Gasteiger partial charge in [-0.05, 0) is 24.8 Å². The van der Waals surface area contributed by atoms with Crippen LogP contribution in [0.3, 0.4) is 0 Å². The van der Waals surface area contributed by atoms with Gasteiger partial charge in [-0.1, -0.05) is 24.6 Å². The van der Waals surface area contributed by atoms with Crippen molar-refractivity contribution >= 4 is 29.9 Å². The van der Waals surface area contributed by atoms with Crippen molar-refractivity contribution < 1.29 is 9.50 Å². The lowest BCUT2D eigenvalue weighted by Gasteiger charge is -2.25. The van der Waals surface area contributed by atoms with Gasteiger partial charge in [0, 0.05) is 12.1 Å². The van der Waals surface area contributed by atoms with E-state index < -0.39 is 11.9 Å². The number of hydrogen-bond donors (Lipinski definition) is 3. The van der Waals surface area contributed by atoms with E-state index in [0.717, 1.165) is 6.54 Å². The van der Waals surface area contributed by atoms with Crippen LogP contribution in [0.15, 0.2) is 29.3 Å². The van der Waals surface area contributed by atoms with Crippen molar-refractivity contribution in [3.05, 3.63) is 35.6 Å². The Hall–Kier alpha value is -0.890. The number of aliphatic hydroxyl groups excluding tert-OH is 1. The van der Waals surface area contributed by atoms with Crippen LogP contribution in [-0.2, 0) is 0 Å². The second-order valence-corrected chi connectivity index (χ2v) is 4.94. The molecule has 0 heterocycles. The Labute approximate surface area is 135 Å². The molecule has 1 unspecified atom stereocenters. The second kappa shape index (κ2) is 8.41. The van der Waals surface area contributed by atoms with Gasteiger partial charge in [0.25, 0.3) is 0 Å². The third-order valence-corrected chi connectivity index (χ3v) is 3.50. The predicted molar refractivity (Wildman–Crippen MR) is 88.6 cm³/mol. The van der Waals surface area contributed by atoms with Crippen molar-refractivity contribution in [2.75, 3.05) is 13.1 Å². The Morgan fingerprint density at radius 1 is 1.45 bits per heavy atom. The molecular weight excluding hydrogens is 372 g/mol. The molecule has 1 aromatic rings.